The molecule has 1 atom stereocenters. The van der Waals surface area contributed by atoms with E-state index in [1.807, 2.05) is 40.1 Å². The van der Waals surface area contributed by atoms with E-state index in [2.05, 4.69) is 10.1 Å². The van der Waals surface area contributed by atoms with E-state index in [0.29, 0.717) is 37.1 Å². The van der Waals surface area contributed by atoms with Gasteiger partial charge in [0.15, 0.2) is 5.69 Å². The van der Waals surface area contributed by atoms with Gasteiger partial charge in [0.2, 0.25) is 5.91 Å². The molecule has 2 amide bonds. The second kappa shape index (κ2) is 5.39. The number of hydrogen-bond acceptors (Lipinski definition) is 4. The molecule has 2 aromatic heterocycles. The molecular formula is C19H17N5O2. The van der Waals surface area contributed by atoms with Crippen LogP contribution < -0.4 is 0 Å². The van der Waals surface area contributed by atoms with Crippen molar-refractivity contribution in [1.29, 1.82) is 0 Å². The van der Waals surface area contributed by atoms with Gasteiger partial charge in [-0.1, -0.05) is 30.3 Å². The average Bonchev–Trinajstić information content (AvgIpc) is 3.37. The third kappa shape index (κ3) is 1.88. The Kier molecular flexibility index (Phi) is 3.12. The lowest BCUT2D eigenvalue weighted by Gasteiger charge is -2.39. The number of fused-ring (bicyclic) bond motifs is 2. The summed E-state index contributed by atoms with van der Waals surface area (Å²) in [6.07, 6.45) is 5.99. The number of aromatic nitrogens is 3. The van der Waals surface area contributed by atoms with E-state index in [0.717, 1.165) is 5.56 Å². The highest BCUT2D eigenvalue weighted by Crippen LogP contribution is 2.46. The molecule has 2 aliphatic heterocycles. The number of hydrogen-bond donors (Lipinski definition) is 0. The minimum absolute atomic E-state index is 0.0969. The summed E-state index contributed by atoms with van der Waals surface area (Å²) >= 11 is 0. The summed E-state index contributed by atoms with van der Waals surface area (Å²) in [5.41, 5.74) is 1.28. The number of carbonyl (C=O) groups is 2. The van der Waals surface area contributed by atoms with Crippen LogP contribution in [-0.2, 0) is 10.5 Å². The lowest BCUT2D eigenvalue weighted by atomic mass is 9.95. The van der Waals surface area contributed by atoms with Crippen LogP contribution in [0.1, 0.15) is 28.9 Å². The monoisotopic (exact) mass is 347 g/mol. The van der Waals surface area contributed by atoms with Crippen molar-refractivity contribution in [3.05, 3.63) is 66.2 Å². The topological polar surface area (TPSA) is 70.8 Å². The summed E-state index contributed by atoms with van der Waals surface area (Å²) in [5.74, 6) is -0.0724. The van der Waals surface area contributed by atoms with Gasteiger partial charge in [-0.3, -0.25) is 9.59 Å². The molecule has 130 valence electrons. The molecule has 2 saturated heterocycles. The van der Waals surface area contributed by atoms with Crippen LogP contribution >= 0.6 is 0 Å². The number of nitrogens with zero attached hydrogens (tertiary/aromatic N) is 5. The molecule has 3 aromatic rings. The molecule has 4 heterocycles. The molecule has 0 aliphatic carbocycles. The zero-order chi connectivity index (χ0) is 17.7. The van der Waals surface area contributed by atoms with Gasteiger partial charge in [-0.2, -0.15) is 5.10 Å². The van der Waals surface area contributed by atoms with E-state index in [1.165, 1.54) is 0 Å². The molecule has 26 heavy (non-hydrogen) atoms. The Morgan fingerprint density at radius 1 is 1.08 bits per heavy atom. The Balaban J connectivity index is 1.65. The maximum atomic E-state index is 13.5. The summed E-state index contributed by atoms with van der Waals surface area (Å²) in [4.78, 5) is 33.9. The van der Waals surface area contributed by atoms with Gasteiger partial charge >= 0.3 is 0 Å². The van der Waals surface area contributed by atoms with Gasteiger partial charge in [0.05, 0.1) is 11.7 Å². The predicted octanol–water partition coefficient (Wildman–Crippen LogP) is 1.66. The number of amides is 2. The zero-order valence-corrected chi connectivity index (χ0v) is 14.1. The third-order valence-electron chi connectivity index (χ3n) is 5.44. The quantitative estimate of drug-likeness (QED) is 0.707. The van der Waals surface area contributed by atoms with Gasteiger partial charge in [-0.05, 0) is 11.6 Å². The summed E-state index contributed by atoms with van der Waals surface area (Å²) < 4.78 is 1.64. The normalized spacial score (nSPS) is 22.2. The van der Waals surface area contributed by atoms with E-state index in [1.54, 1.807) is 29.2 Å². The Bertz CT molecular complexity index is 1010. The van der Waals surface area contributed by atoms with Crippen molar-refractivity contribution in [3.8, 4) is 0 Å². The Morgan fingerprint density at radius 3 is 2.77 bits per heavy atom. The van der Waals surface area contributed by atoms with E-state index in [-0.39, 0.29) is 11.8 Å². The first-order valence-corrected chi connectivity index (χ1v) is 8.68. The van der Waals surface area contributed by atoms with Crippen molar-refractivity contribution in [3.63, 3.8) is 0 Å². The highest BCUT2D eigenvalue weighted by Gasteiger charge is 2.56. The largest absolute Gasteiger partial charge is 0.314 e. The second-order valence-corrected chi connectivity index (χ2v) is 6.62. The number of carbonyl (C=O) groups excluding carboxylic acids is 2. The van der Waals surface area contributed by atoms with Crippen molar-refractivity contribution in [2.24, 2.45) is 0 Å². The molecule has 7 heteroatoms. The van der Waals surface area contributed by atoms with Gasteiger partial charge in [-0.25, -0.2) is 9.50 Å². The Morgan fingerprint density at radius 2 is 1.92 bits per heavy atom. The molecule has 1 unspecified atom stereocenters. The molecule has 7 nitrogen and oxygen atoms in total. The maximum absolute atomic E-state index is 13.5. The van der Waals surface area contributed by atoms with E-state index in [4.69, 9.17) is 0 Å². The minimum atomic E-state index is -0.718. The molecule has 0 bridgehead atoms. The highest BCUT2D eigenvalue weighted by atomic mass is 16.2. The van der Waals surface area contributed by atoms with E-state index >= 15 is 0 Å². The standard InChI is InChI=1S/C19H17N5O2/c25-16-6-8-19(14-4-2-1-3-5-14)22(16)12-13-23(19)18(26)17-15-7-9-21-24(15)11-10-20-17/h1-5,7,9-11H,6,8,12-13H2. The van der Waals surface area contributed by atoms with Gasteiger partial charge < -0.3 is 9.80 Å². The SMILES string of the molecule is O=C1CCC2(c3ccccc3)N1CCN2C(=O)c1nccn2nccc12. The number of benzene rings is 1. The molecule has 2 aliphatic rings. The first-order chi connectivity index (χ1) is 12.7. The maximum Gasteiger partial charge on any atom is 0.276 e. The minimum Gasteiger partial charge on any atom is -0.314 e. The van der Waals surface area contributed by atoms with Crippen LogP contribution in [0.15, 0.2) is 55.0 Å². The van der Waals surface area contributed by atoms with Crippen LogP contribution in [-0.4, -0.2) is 49.3 Å². The first kappa shape index (κ1) is 15.1. The molecule has 5 rings (SSSR count). The molecular weight excluding hydrogens is 330 g/mol. The van der Waals surface area contributed by atoms with Crippen LogP contribution in [0, 0.1) is 0 Å². The fraction of sp³-hybridized carbons (Fsp3) is 0.263. The van der Waals surface area contributed by atoms with Crippen LogP contribution in [0.25, 0.3) is 5.52 Å². The Hall–Kier alpha value is -3.22. The smallest absolute Gasteiger partial charge is 0.276 e. The summed E-state index contributed by atoms with van der Waals surface area (Å²) in [6.45, 7) is 1.04. The molecule has 2 fully saturated rings. The molecule has 0 saturated carbocycles. The van der Waals surface area contributed by atoms with Crippen molar-refractivity contribution in [1.82, 2.24) is 24.4 Å². The fourth-order valence-electron chi connectivity index (χ4n) is 4.31. The fourth-order valence-corrected chi connectivity index (χ4v) is 4.31. The van der Waals surface area contributed by atoms with Crippen molar-refractivity contribution in [2.75, 3.05) is 13.1 Å². The van der Waals surface area contributed by atoms with Gasteiger partial charge in [0.1, 0.15) is 5.66 Å². The Labute approximate surface area is 149 Å². The molecule has 0 radical (unpaired) electrons. The molecule has 0 spiro atoms. The van der Waals surface area contributed by atoms with Crippen LogP contribution in [0.3, 0.4) is 0 Å². The van der Waals surface area contributed by atoms with E-state index in [9.17, 15) is 9.59 Å². The third-order valence-corrected chi connectivity index (χ3v) is 5.44. The molecule has 0 N–H and O–H groups in total. The average molecular weight is 347 g/mol. The van der Waals surface area contributed by atoms with Gasteiger partial charge in [0, 0.05) is 38.3 Å². The summed E-state index contributed by atoms with van der Waals surface area (Å²) in [7, 11) is 0. The van der Waals surface area contributed by atoms with Crippen LogP contribution in [0.5, 0.6) is 0 Å². The van der Waals surface area contributed by atoms with Crippen molar-refractivity contribution >= 4 is 17.3 Å². The predicted molar refractivity (Wildman–Crippen MR) is 93.1 cm³/mol. The van der Waals surface area contributed by atoms with Crippen LogP contribution in [0.4, 0.5) is 0 Å². The lowest BCUT2D eigenvalue weighted by Crippen LogP contribution is -2.50. The van der Waals surface area contributed by atoms with Crippen LogP contribution in [0.2, 0.25) is 0 Å². The summed E-state index contributed by atoms with van der Waals surface area (Å²) in [5, 5.41) is 4.18. The zero-order valence-electron chi connectivity index (χ0n) is 14.1. The van der Waals surface area contributed by atoms with Gasteiger partial charge in [-0.15, -0.1) is 0 Å². The van der Waals surface area contributed by atoms with Crippen molar-refractivity contribution < 1.29 is 9.59 Å². The summed E-state index contributed by atoms with van der Waals surface area (Å²) in [6, 6.07) is 11.6. The first-order valence-electron chi connectivity index (χ1n) is 8.68. The van der Waals surface area contributed by atoms with E-state index < -0.39 is 5.66 Å². The van der Waals surface area contributed by atoms with Gasteiger partial charge in [0.25, 0.3) is 5.91 Å². The van der Waals surface area contributed by atoms with Crippen molar-refractivity contribution in [2.45, 2.75) is 18.5 Å². The second-order valence-electron chi connectivity index (χ2n) is 6.62. The molecule has 1 aromatic carbocycles. The number of rotatable bonds is 2. The lowest BCUT2D eigenvalue weighted by molar-refractivity contribution is -0.131. The highest BCUT2D eigenvalue weighted by molar-refractivity contribution is 6.00.